The van der Waals surface area contributed by atoms with Crippen molar-refractivity contribution in [2.75, 3.05) is 26.2 Å². The second kappa shape index (κ2) is 12.9. The van der Waals surface area contributed by atoms with Crippen LogP contribution in [-0.2, 0) is 14.4 Å². The van der Waals surface area contributed by atoms with Gasteiger partial charge in [-0.2, -0.15) is 13.2 Å². The first kappa shape index (κ1) is 29.8. The Bertz CT molecular complexity index is 1210. The minimum atomic E-state index is -5.08. The average molecular weight is 547 g/mol. The maximum absolute atomic E-state index is 13.4. The summed E-state index contributed by atoms with van der Waals surface area (Å²) in [6, 6.07) is 16.1. The number of alkyl halides is 3. The number of nitrogens with zero attached hydrogens (tertiary/aromatic N) is 1. The predicted octanol–water partition coefficient (Wildman–Crippen LogP) is 4.40. The Morgan fingerprint density at radius 3 is 2.26 bits per heavy atom. The Labute approximate surface area is 224 Å². The van der Waals surface area contributed by atoms with E-state index < -0.39 is 17.6 Å². The number of benzene rings is 2. The Morgan fingerprint density at radius 1 is 1.10 bits per heavy atom. The molecule has 208 valence electrons. The molecule has 2 N–H and O–H groups in total. The Balaban J connectivity index is 0.000000532. The predicted molar refractivity (Wildman–Crippen MR) is 136 cm³/mol. The van der Waals surface area contributed by atoms with Gasteiger partial charge in [0.1, 0.15) is 5.82 Å². The summed E-state index contributed by atoms with van der Waals surface area (Å²) in [7, 11) is 0. The molecule has 0 aliphatic carbocycles. The zero-order valence-corrected chi connectivity index (χ0v) is 21.4. The van der Waals surface area contributed by atoms with Crippen molar-refractivity contribution < 1.29 is 37.1 Å². The molecule has 1 amide bonds. The van der Waals surface area contributed by atoms with Gasteiger partial charge in [-0.1, -0.05) is 43.2 Å². The lowest BCUT2D eigenvalue weighted by Crippen LogP contribution is -2.47. The number of aliphatic carboxylic acids is 1. The molecule has 2 aliphatic rings. The highest BCUT2D eigenvalue weighted by Crippen LogP contribution is 2.47. The maximum Gasteiger partial charge on any atom is 0.490 e. The molecule has 2 aliphatic heterocycles. The number of Topliss-reactive ketones (excluding diaryl/α,β-unsaturated/α-hetero) is 1. The molecule has 2 saturated heterocycles. The lowest BCUT2D eigenvalue weighted by Gasteiger charge is -2.41. The fraction of sp³-hybridized carbons (Fsp3) is 0.414. The molecular formula is C29H30F4N2O4. The van der Waals surface area contributed by atoms with Crippen LogP contribution in [0.5, 0.6) is 0 Å². The molecule has 2 fully saturated rings. The summed E-state index contributed by atoms with van der Waals surface area (Å²) in [5, 5.41) is 10.2. The molecule has 1 unspecified atom stereocenters. The van der Waals surface area contributed by atoms with Gasteiger partial charge in [0.15, 0.2) is 0 Å². The standard InChI is InChI=1S/C27H29FN2O2.C2HF3O2/c1-20(17-24(31)12-7-21-5-3-2-4-6-21)19-30-15-13-27(14-16-30)25(18-29-26(27)32)22-8-10-23(28)11-9-22;3-2(4,5)1(6)7/h2-6,8-11,20,25H,13-19H2,1H3,(H,29,32);(H,6,7)/t20-,25?;/m1./s1. The minimum Gasteiger partial charge on any atom is -0.475 e. The van der Waals surface area contributed by atoms with Gasteiger partial charge >= 0.3 is 12.1 Å². The van der Waals surface area contributed by atoms with Crippen LogP contribution < -0.4 is 5.32 Å². The van der Waals surface area contributed by atoms with E-state index in [1.54, 1.807) is 12.1 Å². The average Bonchev–Trinajstić information content (AvgIpc) is 3.20. The van der Waals surface area contributed by atoms with Gasteiger partial charge in [0.25, 0.3) is 0 Å². The molecule has 6 nitrogen and oxygen atoms in total. The second-order valence-corrected chi connectivity index (χ2v) is 9.92. The van der Waals surface area contributed by atoms with Crippen molar-refractivity contribution in [3.8, 4) is 11.8 Å². The highest BCUT2D eigenvalue weighted by atomic mass is 19.4. The van der Waals surface area contributed by atoms with Crippen molar-refractivity contribution in [3.63, 3.8) is 0 Å². The summed E-state index contributed by atoms with van der Waals surface area (Å²) >= 11 is 0. The van der Waals surface area contributed by atoms with E-state index in [0.717, 1.165) is 43.6 Å². The molecule has 2 aromatic carbocycles. The first-order chi connectivity index (χ1) is 18.4. The van der Waals surface area contributed by atoms with Crippen molar-refractivity contribution in [2.24, 2.45) is 11.3 Å². The molecule has 0 bridgehead atoms. The van der Waals surface area contributed by atoms with E-state index in [-0.39, 0.29) is 29.3 Å². The van der Waals surface area contributed by atoms with Crippen LogP contribution in [0.1, 0.15) is 43.2 Å². The van der Waals surface area contributed by atoms with E-state index >= 15 is 0 Å². The lowest BCUT2D eigenvalue weighted by molar-refractivity contribution is -0.192. The summed E-state index contributed by atoms with van der Waals surface area (Å²) in [5.74, 6) is 3.02. The molecule has 4 rings (SSSR count). The molecule has 39 heavy (non-hydrogen) atoms. The first-order valence-corrected chi connectivity index (χ1v) is 12.6. The van der Waals surface area contributed by atoms with Gasteiger partial charge < -0.3 is 15.3 Å². The first-order valence-electron chi connectivity index (χ1n) is 12.6. The largest absolute Gasteiger partial charge is 0.490 e. The van der Waals surface area contributed by atoms with Gasteiger partial charge in [-0.15, -0.1) is 0 Å². The summed E-state index contributed by atoms with van der Waals surface area (Å²) in [5.41, 5.74) is 1.45. The Morgan fingerprint density at radius 2 is 1.69 bits per heavy atom. The number of carbonyl (C=O) groups excluding carboxylic acids is 2. The molecule has 0 aromatic heterocycles. The summed E-state index contributed by atoms with van der Waals surface area (Å²) < 4.78 is 45.1. The van der Waals surface area contributed by atoms with Gasteiger partial charge in [-0.05, 0) is 67.6 Å². The number of ketones is 1. The normalized spacial score (nSPS) is 19.2. The number of hydrogen-bond acceptors (Lipinski definition) is 4. The highest BCUT2D eigenvalue weighted by Gasteiger charge is 2.51. The van der Waals surface area contributed by atoms with Gasteiger partial charge in [0, 0.05) is 31.0 Å². The molecule has 1 spiro atoms. The zero-order chi connectivity index (χ0) is 28.6. The van der Waals surface area contributed by atoms with Gasteiger partial charge in [-0.3, -0.25) is 9.59 Å². The molecule has 0 radical (unpaired) electrons. The number of piperidine rings is 1. The Kier molecular flexibility index (Phi) is 9.86. The number of hydrogen-bond donors (Lipinski definition) is 2. The van der Waals surface area contributed by atoms with E-state index in [1.165, 1.54) is 12.1 Å². The number of carbonyl (C=O) groups is 3. The topological polar surface area (TPSA) is 86.7 Å². The number of rotatable bonds is 5. The van der Waals surface area contributed by atoms with Crippen LogP contribution >= 0.6 is 0 Å². The van der Waals surface area contributed by atoms with Crippen molar-refractivity contribution in [1.29, 1.82) is 0 Å². The quantitative estimate of drug-likeness (QED) is 0.429. The van der Waals surface area contributed by atoms with E-state index in [4.69, 9.17) is 9.90 Å². The van der Waals surface area contributed by atoms with E-state index in [9.17, 15) is 27.2 Å². The molecule has 0 saturated carbocycles. The van der Waals surface area contributed by atoms with Crippen LogP contribution in [0.15, 0.2) is 54.6 Å². The summed E-state index contributed by atoms with van der Waals surface area (Å²) in [4.78, 5) is 36.3. The van der Waals surface area contributed by atoms with E-state index in [2.05, 4.69) is 29.0 Å². The number of nitrogens with one attached hydrogen (secondary N) is 1. The smallest absolute Gasteiger partial charge is 0.475 e. The number of halogens is 4. The lowest BCUT2D eigenvalue weighted by atomic mass is 9.68. The van der Waals surface area contributed by atoms with Crippen LogP contribution in [0.4, 0.5) is 17.6 Å². The number of carboxylic acid groups (broad SMARTS) is 1. The summed E-state index contributed by atoms with van der Waals surface area (Å²) in [6.45, 7) is 5.14. The molecule has 2 aromatic rings. The van der Waals surface area contributed by atoms with Crippen molar-refractivity contribution >= 4 is 17.7 Å². The van der Waals surface area contributed by atoms with Gasteiger partial charge in [0.05, 0.1) is 5.41 Å². The van der Waals surface area contributed by atoms with E-state index in [0.29, 0.717) is 13.0 Å². The van der Waals surface area contributed by atoms with Crippen LogP contribution in [0, 0.1) is 29.0 Å². The zero-order valence-electron chi connectivity index (χ0n) is 21.4. The molecular weight excluding hydrogens is 516 g/mol. The SMILES string of the molecule is C[C@H](CC(=O)C#Cc1ccccc1)CN1CCC2(CC1)C(=O)NCC2c1ccc(F)cc1.O=C(O)C(F)(F)F. The number of likely N-dealkylation sites (tertiary alicyclic amines) is 1. The second-order valence-electron chi connectivity index (χ2n) is 9.92. The minimum absolute atomic E-state index is 0.0404. The van der Waals surface area contributed by atoms with Crippen molar-refractivity contribution in [3.05, 3.63) is 71.5 Å². The van der Waals surface area contributed by atoms with Crippen LogP contribution in [0.3, 0.4) is 0 Å². The van der Waals surface area contributed by atoms with Gasteiger partial charge in [-0.25, -0.2) is 9.18 Å². The van der Waals surface area contributed by atoms with Crippen LogP contribution in [0.25, 0.3) is 0 Å². The van der Waals surface area contributed by atoms with Crippen LogP contribution in [-0.4, -0.2) is 60.0 Å². The fourth-order valence-electron chi connectivity index (χ4n) is 5.10. The molecule has 10 heteroatoms. The molecule has 2 heterocycles. The third-order valence-electron chi connectivity index (χ3n) is 7.07. The third-order valence-corrected chi connectivity index (χ3v) is 7.07. The Hall–Kier alpha value is -3.71. The number of carboxylic acids is 1. The monoisotopic (exact) mass is 546 g/mol. The third kappa shape index (κ3) is 8.14. The summed E-state index contributed by atoms with van der Waals surface area (Å²) in [6.07, 6.45) is -3.11. The molecule has 2 atom stereocenters. The van der Waals surface area contributed by atoms with E-state index in [1.807, 2.05) is 30.3 Å². The highest BCUT2D eigenvalue weighted by molar-refractivity contribution is 5.96. The van der Waals surface area contributed by atoms with Crippen LogP contribution in [0.2, 0.25) is 0 Å². The van der Waals surface area contributed by atoms with Gasteiger partial charge in [0.2, 0.25) is 11.7 Å². The fourth-order valence-corrected chi connectivity index (χ4v) is 5.10. The number of amides is 1. The van der Waals surface area contributed by atoms with Crippen molar-refractivity contribution in [1.82, 2.24) is 10.2 Å². The van der Waals surface area contributed by atoms with Crippen molar-refractivity contribution in [2.45, 2.75) is 38.3 Å². The maximum atomic E-state index is 13.4.